The minimum atomic E-state index is -3.82. The Morgan fingerprint density at radius 3 is 2.09 bits per heavy atom. The molecule has 9 nitrogen and oxygen atoms in total. The molecule has 1 fully saturated rings. The molecule has 1 aliphatic heterocycles. The smallest absolute Gasteiger partial charge is 0.273 e. The van der Waals surface area contributed by atoms with Crippen LogP contribution in [0.2, 0.25) is 0 Å². The molecular formula is C22H24N4O5S2. The van der Waals surface area contributed by atoms with Crippen LogP contribution in [0, 0.1) is 0 Å². The molecule has 0 saturated carbocycles. The van der Waals surface area contributed by atoms with Gasteiger partial charge >= 0.3 is 0 Å². The van der Waals surface area contributed by atoms with E-state index in [4.69, 9.17) is 9.47 Å². The minimum absolute atomic E-state index is 0.0843. The highest BCUT2D eigenvalue weighted by atomic mass is 32.2. The number of benzene rings is 2. The first-order chi connectivity index (χ1) is 15.9. The number of aromatic nitrogens is 1. The van der Waals surface area contributed by atoms with E-state index < -0.39 is 10.0 Å². The molecule has 0 atom stereocenters. The number of amides is 1. The number of ether oxygens (including phenoxy) is 2. The van der Waals surface area contributed by atoms with Crippen molar-refractivity contribution < 1.29 is 22.7 Å². The van der Waals surface area contributed by atoms with Crippen molar-refractivity contribution in [2.45, 2.75) is 4.90 Å². The second-order valence-corrected chi connectivity index (χ2v) is 9.84. The summed E-state index contributed by atoms with van der Waals surface area (Å²) in [5.41, 5.74) is 1.30. The summed E-state index contributed by atoms with van der Waals surface area (Å²) >= 11 is 1.08. The molecule has 33 heavy (non-hydrogen) atoms. The summed E-state index contributed by atoms with van der Waals surface area (Å²) in [6.07, 6.45) is 0. The zero-order valence-corrected chi connectivity index (χ0v) is 19.9. The highest BCUT2D eigenvalue weighted by Crippen LogP contribution is 2.24. The van der Waals surface area contributed by atoms with E-state index in [-0.39, 0.29) is 21.6 Å². The Balaban J connectivity index is 1.36. The molecule has 11 heteroatoms. The van der Waals surface area contributed by atoms with Gasteiger partial charge in [0.05, 0.1) is 19.1 Å². The number of nitrogens with one attached hydrogen (secondary N) is 1. The number of rotatable bonds is 7. The number of nitrogens with zero attached hydrogens (tertiary/aromatic N) is 3. The lowest BCUT2D eigenvalue weighted by atomic mass is 10.2. The van der Waals surface area contributed by atoms with Gasteiger partial charge in [-0.1, -0.05) is 0 Å². The van der Waals surface area contributed by atoms with E-state index in [0.717, 1.165) is 22.8 Å². The third-order valence-electron chi connectivity index (χ3n) is 5.32. The summed E-state index contributed by atoms with van der Waals surface area (Å²) in [6, 6.07) is 13.9. The summed E-state index contributed by atoms with van der Waals surface area (Å²) < 4.78 is 37.9. The van der Waals surface area contributed by atoms with Crippen molar-refractivity contribution in [3.05, 3.63) is 59.6 Å². The van der Waals surface area contributed by atoms with Gasteiger partial charge in [-0.15, -0.1) is 11.3 Å². The number of carbonyl (C=O) groups excluding carboxylic acids is 1. The fraction of sp³-hybridized carbons (Fsp3) is 0.273. The number of methoxy groups -OCH3 is 2. The van der Waals surface area contributed by atoms with Crippen molar-refractivity contribution >= 4 is 38.1 Å². The molecule has 2 heterocycles. The van der Waals surface area contributed by atoms with Gasteiger partial charge in [-0.2, -0.15) is 0 Å². The van der Waals surface area contributed by atoms with Gasteiger partial charge in [0.15, 0.2) is 5.13 Å². The Bertz CT molecular complexity index is 1200. The van der Waals surface area contributed by atoms with Crippen molar-refractivity contribution in [3.8, 4) is 11.5 Å². The molecule has 1 aromatic heterocycles. The molecule has 0 radical (unpaired) electrons. The zero-order valence-electron chi connectivity index (χ0n) is 18.2. The molecule has 4 rings (SSSR count). The van der Waals surface area contributed by atoms with Crippen LogP contribution in [0.5, 0.6) is 11.5 Å². The van der Waals surface area contributed by atoms with Crippen LogP contribution in [-0.4, -0.2) is 64.6 Å². The number of sulfonamides is 1. The maximum Gasteiger partial charge on any atom is 0.273 e. The molecule has 1 saturated heterocycles. The van der Waals surface area contributed by atoms with Gasteiger partial charge in [-0.25, -0.2) is 13.4 Å². The Morgan fingerprint density at radius 1 is 0.939 bits per heavy atom. The second kappa shape index (κ2) is 9.67. The second-order valence-electron chi connectivity index (χ2n) is 7.30. The van der Waals surface area contributed by atoms with Gasteiger partial charge < -0.3 is 19.3 Å². The molecule has 0 unspecified atom stereocenters. The van der Waals surface area contributed by atoms with Crippen LogP contribution < -0.4 is 19.1 Å². The lowest BCUT2D eigenvalue weighted by molar-refractivity contribution is 0.0742. The fourth-order valence-corrected chi connectivity index (χ4v) is 5.41. The summed E-state index contributed by atoms with van der Waals surface area (Å²) in [7, 11) is -0.676. The fourth-order valence-electron chi connectivity index (χ4n) is 3.47. The number of hydrogen-bond donors (Lipinski definition) is 1. The molecule has 0 aliphatic carbocycles. The Morgan fingerprint density at radius 2 is 1.52 bits per heavy atom. The van der Waals surface area contributed by atoms with E-state index >= 15 is 0 Å². The minimum Gasteiger partial charge on any atom is -0.497 e. The molecule has 0 spiro atoms. The predicted molar refractivity (Wildman–Crippen MR) is 127 cm³/mol. The van der Waals surface area contributed by atoms with E-state index in [2.05, 4.69) is 14.6 Å². The van der Waals surface area contributed by atoms with Crippen LogP contribution >= 0.6 is 11.3 Å². The first-order valence-electron chi connectivity index (χ1n) is 10.2. The zero-order chi connectivity index (χ0) is 23.4. The SMILES string of the molecule is COc1ccc(N2CCN(C(=O)c3csc(NS(=O)(=O)c4ccc(OC)cc4)n3)CC2)cc1. The molecule has 174 valence electrons. The van der Waals surface area contributed by atoms with Crippen LogP contribution in [-0.2, 0) is 10.0 Å². The number of carbonyl (C=O) groups is 1. The Kier molecular flexibility index (Phi) is 6.70. The van der Waals surface area contributed by atoms with E-state index in [1.165, 1.54) is 19.2 Å². The van der Waals surface area contributed by atoms with Gasteiger partial charge in [-0.05, 0) is 48.5 Å². The van der Waals surface area contributed by atoms with Gasteiger partial charge in [0.25, 0.3) is 15.9 Å². The van der Waals surface area contributed by atoms with Crippen molar-refractivity contribution in [1.29, 1.82) is 0 Å². The van der Waals surface area contributed by atoms with Gasteiger partial charge in [-0.3, -0.25) is 9.52 Å². The van der Waals surface area contributed by atoms with Crippen molar-refractivity contribution in [1.82, 2.24) is 9.88 Å². The average molecular weight is 489 g/mol. The van der Waals surface area contributed by atoms with Crippen molar-refractivity contribution in [2.24, 2.45) is 0 Å². The van der Waals surface area contributed by atoms with Crippen LogP contribution in [0.1, 0.15) is 10.5 Å². The molecule has 1 N–H and O–H groups in total. The Hall–Kier alpha value is -3.31. The quantitative estimate of drug-likeness (QED) is 0.546. The van der Waals surface area contributed by atoms with E-state index in [9.17, 15) is 13.2 Å². The highest BCUT2D eigenvalue weighted by Gasteiger charge is 2.25. The first kappa shape index (κ1) is 22.9. The average Bonchev–Trinajstić information content (AvgIpc) is 3.31. The summed E-state index contributed by atoms with van der Waals surface area (Å²) in [5.74, 6) is 1.15. The maximum atomic E-state index is 12.9. The largest absolute Gasteiger partial charge is 0.497 e. The van der Waals surface area contributed by atoms with E-state index in [1.807, 2.05) is 24.3 Å². The lowest BCUT2D eigenvalue weighted by Gasteiger charge is -2.35. The molecule has 1 amide bonds. The van der Waals surface area contributed by atoms with Crippen molar-refractivity contribution in [2.75, 3.05) is 50.0 Å². The standard InChI is InChI=1S/C22H24N4O5S2/c1-30-17-5-3-16(4-6-17)25-11-13-26(14-12-25)21(27)20-15-32-22(23-20)24-33(28,29)19-9-7-18(31-2)8-10-19/h3-10,15H,11-14H2,1-2H3,(H,23,24). The van der Waals surface area contributed by atoms with Crippen LogP contribution in [0.25, 0.3) is 0 Å². The number of anilines is 2. The highest BCUT2D eigenvalue weighted by molar-refractivity contribution is 7.93. The summed E-state index contributed by atoms with van der Waals surface area (Å²) in [6.45, 7) is 2.49. The van der Waals surface area contributed by atoms with E-state index in [0.29, 0.717) is 31.9 Å². The van der Waals surface area contributed by atoms with Gasteiger partial charge in [0, 0.05) is 37.2 Å². The third kappa shape index (κ3) is 5.20. The van der Waals surface area contributed by atoms with Crippen LogP contribution in [0.3, 0.4) is 0 Å². The Labute approximate surface area is 196 Å². The molecule has 2 aromatic carbocycles. The third-order valence-corrected chi connectivity index (χ3v) is 7.56. The normalized spacial score (nSPS) is 14.1. The van der Waals surface area contributed by atoms with Crippen LogP contribution in [0.4, 0.5) is 10.8 Å². The molecular weight excluding hydrogens is 464 g/mol. The number of thiazole rings is 1. The monoisotopic (exact) mass is 488 g/mol. The topological polar surface area (TPSA) is 101 Å². The summed E-state index contributed by atoms with van der Waals surface area (Å²) in [4.78, 5) is 21.1. The van der Waals surface area contributed by atoms with Gasteiger partial charge in [0.2, 0.25) is 0 Å². The predicted octanol–water partition coefficient (Wildman–Crippen LogP) is 2.92. The van der Waals surface area contributed by atoms with Crippen LogP contribution in [0.15, 0.2) is 58.8 Å². The lowest BCUT2D eigenvalue weighted by Crippen LogP contribution is -2.48. The number of hydrogen-bond acceptors (Lipinski definition) is 8. The maximum absolute atomic E-state index is 12.9. The van der Waals surface area contributed by atoms with E-state index in [1.54, 1.807) is 29.5 Å². The van der Waals surface area contributed by atoms with Gasteiger partial charge in [0.1, 0.15) is 17.2 Å². The summed E-state index contributed by atoms with van der Waals surface area (Å²) in [5, 5.41) is 1.72. The molecule has 0 bridgehead atoms. The first-order valence-corrected chi connectivity index (χ1v) is 12.6. The number of piperazine rings is 1. The molecule has 3 aromatic rings. The van der Waals surface area contributed by atoms with Crippen molar-refractivity contribution in [3.63, 3.8) is 0 Å². The molecule has 1 aliphatic rings.